The number of aromatic nitrogens is 2. The van der Waals surface area contributed by atoms with Gasteiger partial charge >= 0.3 is 6.03 Å². The summed E-state index contributed by atoms with van der Waals surface area (Å²) in [4.78, 5) is 34.2. The first-order valence-corrected chi connectivity index (χ1v) is 13.1. The molecule has 2 aromatic carbocycles. The number of hydrogen-bond acceptors (Lipinski definition) is 5. The smallest absolute Gasteiger partial charge is 0.322 e. The lowest BCUT2D eigenvalue weighted by Gasteiger charge is -2.37. The van der Waals surface area contributed by atoms with Crippen molar-refractivity contribution in [1.29, 1.82) is 5.26 Å². The number of H-pyrrole nitrogens is 1. The van der Waals surface area contributed by atoms with Crippen LogP contribution in [0.4, 0.5) is 16.3 Å². The third-order valence-electron chi connectivity index (χ3n) is 7.07. The summed E-state index contributed by atoms with van der Waals surface area (Å²) in [7, 11) is 0. The molecule has 8 nitrogen and oxygen atoms in total. The SMILES string of the molecule is N#Cc1ccc(NC2CCC(N(C(=O)NCc3ccccc3)c3ccc(-c4cc[nH]c(=O)c4)cc3)CC2)nc1. The summed E-state index contributed by atoms with van der Waals surface area (Å²) in [6.07, 6.45) is 6.65. The van der Waals surface area contributed by atoms with Crippen LogP contribution in [0.2, 0.25) is 0 Å². The van der Waals surface area contributed by atoms with Gasteiger partial charge in [-0.1, -0.05) is 42.5 Å². The molecule has 5 rings (SSSR count). The Morgan fingerprint density at radius 1 is 0.974 bits per heavy atom. The molecule has 0 atom stereocenters. The molecule has 1 fully saturated rings. The zero-order valence-electron chi connectivity index (χ0n) is 21.5. The van der Waals surface area contributed by atoms with Gasteiger partial charge in [-0.2, -0.15) is 5.26 Å². The summed E-state index contributed by atoms with van der Waals surface area (Å²) < 4.78 is 0. The summed E-state index contributed by atoms with van der Waals surface area (Å²) in [6.45, 7) is 0.447. The highest BCUT2D eigenvalue weighted by atomic mass is 16.2. The molecule has 1 aliphatic carbocycles. The molecule has 39 heavy (non-hydrogen) atoms. The number of nitrogens with zero attached hydrogens (tertiary/aromatic N) is 3. The van der Waals surface area contributed by atoms with Crippen LogP contribution in [0.1, 0.15) is 36.8 Å². The van der Waals surface area contributed by atoms with Crippen LogP contribution in [0.3, 0.4) is 0 Å². The van der Waals surface area contributed by atoms with E-state index in [0.717, 1.165) is 53.9 Å². The van der Waals surface area contributed by atoms with Crippen molar-refractivity contribution < 1.29 is 4.79 Å². The lowest BCUT2D eigenvalue weighted by molar-refractivity contribution is 0.240. The molecular formula is C31H30N6O2. The van der Waals surface area contributed by atoms with Crippen LogP contribution in [0.5, 0.6) is 0 Å². The van der Waals surface area contributed by atoms with Gasteiger partial charge in [0.25, 0.3) is 0 Å². The second kappa shape index (κ2) is 12.1. The number of nitrogens with one attached hydrogen (secondary N) is 3. The fourth-order valence-corrected chi connectivity index (χ4v) is 5.02. The van der Waals surface area contributed by atoms with E-state index in [9.17, 15) is 9.59 Å². The molecule has 1 aliphatic rings. The molecule has 0 spiro atoms. The van der Waals surface area contributed by atoms with Crippen molar-refractivity contribution in [3.8, 4) is 17.2 Å². The van der Waals surface area contributed by atoms with Gasteiger partial charge in [0.15, 0.2) is 0 Å². The topological polar surface area (TPSA) is 114 Å². The number of amides is 2. The molecule has 0 saturated heterocycles. The normalized spacial score (nSPS) is 16.6. The predicted molar refractivity (Wildman–Crippen MR) is 152 cm³/mol. The van der Waals surface area contributed by atoms with Crippen LogP contribution in [-0.2, 0) is 6.54 Å². The van der Waals surface area contributed by atoms with E-state index in [1.165, 1.54) is 0 Å². The Morgan fingerprint density at radius 3 is 2.41 bits per heavy atom. The zero-order valence-corrected chi connectivity index (χ0v) is 21.5. The number of benzene rings is 2. The molecule has 4 aromatic rings. The number of aromatic amines is 1. The average molecular weight is 519 g/mol. The third-order valence-corrected chi connectivity index (χ3v) is 7.07. The first kappa shape index (κ1) is 25.7. The van der Waals surface area contributed by atoms with Crippen LogP contribution in [0, 0.1) is 11.3 Å². The van der Waals surface area contributed by atoms with Crippen LogP contribution in [0.25, 0.3) is 11.1 Å². The van der Waals surface area contributed by atoms with E-state index >= 15 is 0 Å². The van der Waals surface area contributed by atoms with Crippen LogP contribution >= 0.6 is 0 Å². The van der Waals surface area contributed by atoms with Crippen molar-refractivity contribution in [1.82, 2.24) is 15.3 Å². The number of anilines is 2. The minimum Gasteiger partial charge on any atom is -0.367 e. The highest BCUT2D eigenvalue weighted by molar-refractivity contribution is 5.93. The first-order chi connectivity index (χ1) is 19.1. The van der Waals surface area contributed by atoms with E-state index in [-0.39, 0.29) is 23.7 Å². The quantitative estimate of drug-likeness (QED) is 0.301. The van der Waals surface area contributed by atoms with Crippen molar-refractivity contribution >= 4 is 17.5 Å². The largest absolute Gasteiger partial charge is 0.367 e. The molecule has 0 bridgehead atoms. The Labute approximate surface area is 227 Å². The monoisotopic (exact) mass is 518 g/mol. The summed E-state index contributed by atoms with van der Waals surface area (Å²) >= 11 is 0. The second-order valence-electron chi connectivity index (χ2n) is 9.70. The van der Waals surface area contributed by atoms with Crippen LogP contribution in [-0.4, -0.2) is 28.1 Å². The fourth-order valence-electron chi connectivity index (χ4n) is 5.02. The van der Waals surface area contributed by atoms with Gasteiger partial charge in [0.1, 0.15) is 11.9 Å². The molecule has 196 valence electrons. The first-order valence-electron chi connectivity index (χ1n) is 13.1. The summed E-state index contributed by atoms with van der Waals surface area (Å²) in [6, 6.07) is 26.9. The number of urea groups is 1. The van der Waals surface area contributed by atoms with Gasteiger partial charge in [-0.3, -0.25) is 9.69 Å². The van der Waals surface area contributed by atoms with E-state index in [0.29, 0.717) is 12.1 Å². The van der Waals surface area contributed by atoms with Gasteiger partial charge < -0.3 is 15.6 Å². The lowest BCUT2D eigenvalue weighted by Crippen LogP contribution is -2.48. The van der Waals surface area contributed by atoms with Crippen LogP contribution in [0.15, 0.2) is 96.1 Å². The summed E-state index contributed by atoms with van der Waals surface area (Å²) in [5, 5.41) is 15.6. The average Bonchev–Trinajstić information content (AvgIpc) is 2.98. The number of carbonyl (C=O) groups excluding carboxylic acids is 1. The number of pyridine rings is 2. The molecule has 2 heterocycles. The lowest BCUT2D eigenvalue weighted by atomic mass is 9.89. The minimum absolute atomic E-state index is 0.0400. The van der Waals surface area contributed by atoms with E-state index < -0.39 is 0 Å². The molecular weight excluding hydrogens is 488 g/mol. The van der Waals surface area contributed by atoms with Crippen molar-refractivity contribution in [3.05, 3.63) is 113 Å². The van der Waals surface area contributed by atoms with Crippen molar-refractivity contribution in [2.24, 2.45) is 0 Å². The Bertz CT molecular complexity index is 1490. The van der Waals surface area contributed by atoms with Crippen LogP contribution < -0.4 is 21.1 Å². The van der Waals surface area contributed by atoms with Gasteiger partial charge in [-0.05, 0) is 72.7 Å². The van der Waals surface area contributed by atoms with Gasteiger partial charge in [0.05, 0.1) is 5.56 Å². The maximum Gasteiger partial charge on any atom is 0.322 e. The molecule has 8 heteroatoms. The number of nitriles is 1. The molecule has 1 saturated carbocycles. The van der Waals surface area contributed by atoms with E-state index in [4.69, 9.17) is 5.26 Å². The molecule has 2 amide bonds. The number of rotatable bonds is 7. The second-order valence-corrected chi connectivity index (χ2v) is 9.70. The Kier molecular flexibility index (Phi) is 7.98. The zero-order chi connectivity index (χ0) is 27.0. The molecule has 3 N–H and O–H groups in total. The molecule has 2 aromatic heterocycles. The maximum absolute atomic E-state index is 13.6. The van der Waals surface area contributed by atoms with Gasteiger partial charge in [-0.25, -0.2) is 9.78 Å². The Morgan fingerprint density at radius 2 is 1.74 bits per heavy atom. The molecule has 0 radical (unpaired) electrons. The minimum atomic E-state index is -0.153. The van der Waals surface area contributed by atoms with Gasteiger partial charge in [-0.15, -0.1) is 0 Å². The van der Waals surface area contributed by atoms with Crippen molar-refractivity contribution in [2.75, 3.05) is 10.2 Å². The number of carbonyl (C=O) groups is 1. The highest BCUT2D eigenvalue weighted by Gasteiger charge is 2.30. The summed E-state index contributed by atoms with van der Waals surface area (Å²) in [5.41, 5.74) is 3.98. The Balaban J connectivity index is 1.31. The van der Waals surface area contributed by atoms with Crippen molar-refractivity contribution in [2.45, 2.75) is 44.3 Å². The van der Waals surface area contributed by atoms with Gasteiger partial charge in [0, 0.05) is 42.8 Å². The van der Waals surface area contributed by atoms with E-state index in [1.54, 1.807) is 24.5 Å². The predicted octanol–water partition coefficient (Wildman–Crippen LogP) is 5.45. The number of hydrogen-bond donors (Lipinski definition) is 3. The summed E-state index contributed by atoms with van der Waals surface area (Å²) in [5.74, 6) is 0.755. The Hall–Kier alpha value is -4.90. The highest BCUT2D eigenvalue weighted by Crippen LogP contribution is 2.30. The fraction of sp³-hybridized carbons (Fsp3) is 0.226. The third kappa shape index (κ3) is 6.51. The van der Waals surface area contributed by atoms with Crippen molar-refractivity contribution in [3.63, 3.8) is 0 Å². The molecule has 0 unspecified atom stereocenters. The molecule has 0 aliphatic heterocycles. The van der Waals surface area contributed by atoms with E-state index in [2.05, 4.69) is 26.7 Å². The van der Waals surface area contributed by atoms with Gasteiger partial charge in [0.2, 0.25) is 5.56 Å². The maximum atomic E-state index is 13.6. The van der Waals surface area contributed by atoms with E-state index in [1.807, 2.05) is 71.6 Å². The standard InChI is InChI=1S/C31H30N6O2/c32-19-23-6-15-29(34-21-23)36-26-9-13-28(14-10-26)37(31(39)35-20-22-4-2-1-3-5-22)27-11-7-24(8-12-27)25-16-17-33-30(38)18-25/h1-8,11-12,15-18,21,26,28H,9-10,13-14,20H2,(H,33,38)(H,34,36)(H,35,39).